The second kappa shape index (κ2) is 15.6. The van der Waals surface area contributed by atoms with Gasteiger partial charge in [-0.2, -0.15) is 0 Å². The lowest BCUT2D eigenvalue weighted by Gasteiger charge is -2.14. The van der Waals surface area contributed by atoms with E-state index in [0.717, 1.165) is 69.6 Å². The van der Waals surface area contributed by atoms with E-state index in [9.17, 15) is 0 Å². The van der Waals surface area contributed by atoms with Gasteiger partial charge in [0.15, 0.2) is 17.5 Å². The molecule has 0 saturated carbocycles. The molecule has 0 aliphatic carbocycles. The van der Waals surface area contributed by atoms with Crippen LogP contribution in [0.15, 0.2) is 23.2 Å². The lowest BCUT2D eigenvalue weighted by molar-refractivity contribution is 0.0420. The zero-order valence-corrected chi connectivity index (χ0v) is 20.2. The Morgan fingerprint density at radius 3 is 2.59 bits per heavy atom. The van der Waals surface area contributed by atoms with Crippen molar-refractivity contribution in [2.45, 2.75) is 39.2 Å². The average molecular weight is 521 g/mol. The summed E-state index contributed by atoms with van der Waals surface area (Å²) in [5.41, 5.74) is 1.20. The molecule has 0 spiro atoms. The number of guanidine groups is 1. The molecular formula is C21H36IN3O4. The van der Waals surface area contributed by atoms with Crippen molar-refractivity contribution in [1.29, 1.82) is 0 Å². The van der Waals surface area contributed by atoms with Gasteiger partial charge in [-0.15, -0.1) is 24.0 Å². The molecule has 8 heteroatoms. The van der Waals surface area contributed by atoms with Crippen LogP contribution in [0.5, 0.6) is 11.5 Å². The van der Waals surface area contributed by atoms with Crippen molar-refractivity contribution in [2.75, 3.05) is 53.2 Å². The number of nitrogens with zero attached hydrogens (tertiary/aromatic N) is 1. The third-order valence-corrected chi connectivity index (χ3v) is 4.39. The van der Waals surface area contributed by atoms with Crippen LogP contribution in [0.4, 0.5) is 0 Å². The van der Waals surface area contributed by atoms with Crippen molar-refractivity contribution < 1.29 is 18.9 Å². The third-order valence-electron chi connectivity index (χ3n) is 4.39. The summed E-state index contributed by atoms with van der Waals surface area (Å²) in [7, 11) is 1.78. The van der Waals surface area contributed by atoms with Crippen molar-refractivity contribution >= 4 is 29.9 Å². The van der Waals surface area contributed by atoms with Crippen LogP contribution in [-0.2, 0) is 15.9 Å². The van der Waals surface area contributed by atoms with Gasteiger partial charge in [0.25, 0.3) is 0 Å². The van der Waals surface area contributed by atoms with Crippen molar-refractivity contribution in [3.8, 4) is 11.5 Å². The Morgan fingerprint density at radius 2 is 1.90 bits per heavy atom. The smallest absolute Gasteiger partial charge is 0.190 e. The molecule has 1 fully saturated rings. The Balaban J connectivity index is 0.00000420. The van der Waals surface area contributed by atoms with Gasteiger partial charge in [0.1, 0.15) is 0 Å². The first-order valence-corrected chi connectivity index (χ1v) is 10.3. The summed E-state index contributed by atoms with van der Waals surface area (Å²) in [5.74, 6) is 2.40. The summed E-state index contributed by atoms with van der Waals surface area (Å²) in [6.45, 7) is 9.10. The first-order valence-electron chi connectivity index (χ1n) is 10.3. The molecule has 2 N–H and O–H groups in total. The molecule has 7 nitrogen and oxygen atoms in total. The van der Waals surface area contributed by atoms with Crippen molar-refractivity contribution in [2.24, 2.45) is 4.99 Å². The standard InChI is InChI=1S/C21H35N3O4.HI/c1-4-26-19-8-7-17(15-20(19)27-5-2)9-12-24-21(22-3)23-11-6-13-28-18-10-14-25-16-18;/h7-8,15,18H,4-6,9-14,16H2,1-3H3,(H2,22,23,24);1H. The van der Waals surface area contributed by atoms with Gasteiger partial charge in [-0.1, -0.05) is 6.07 Å². The molecule has 1 aromatic carbocycles. The molecule has 29 heavy (non-hydrogen) atoms. The zero-order chi connectivity index (χ0) is 20.0. The van der Waals surface area contributed by atoms with E-state index >= 15 is 0 Å². The van der Waals surface area contributed by atoms with E-state index in [-0.39, 0.29) is 30.1 Å². The van der Waals surface area contributed by atoms with Gasteiger partial charge in [-0.25, -0.2) is 0 Å². The third kappa shape index (κ3) is 9.86. The fourth-order valence-electron chi connectivity index (χ4n) is 2.97. The van der Waals surface area contributed by atoms with Crippen LogP contribution in [0.3, 0.4) is 0 Å². The Morgan fingerprint density at radius 1 is 1.14 bits per heavy atom. The fourth-order valence-corrected chi connectivity index (χ4v) is 2.97. The van der Waals surface area contributed by atoms with Gasteiger partial charge in [0.05, 0.1) is 25.9 Å². The van der Waals surface area contributed by atoms with E-state index in [4.69, 9.17) is 18.9 Å². The first kappa shape index (κ1) is 25.8. The van der Waals surface area contributed by atoms with E-state index in [2.05, 4.69) is 27.8 Å². The second-order valence-corrected chi connectivity index (χ2v) is 6.53. The molecule has 1 unspecified atom stereocenters. The number of ether oxygens (including phenoxy) is 4. The normalized spacial score (nSPS) is 16.2. The van der Waals surface area contributed by atoms with E-state index in [1.54, 1.807) is 7.05 Å². The number of aliphatic imine (C=N–C) groups is 1. The lowest BCUT2D eigenvalue weighted by Crippen LogP contribution is -2.39. The van der Waals surface area contributed by atoms with Gasteiger partial charge in [0, 0.05) is 33.4 Å². The van der Waals surface area contributed by atoms with Crippen LogP contribution in [0.1, 0.15) is 32.3 Å². The molecule has 1 aliphatic heterocycles. The fraction of sp³-hybridized carbons (Fsp3) is 0.667. The molecule has 0 aromatic heterocycles. The highest BCUT2D eigenvalue weighted by Gasteiger charge is 2.15. The molecule has 1 atom stereocenters. The molecule has 1 heterocycles. The molecule has 2 rings (SSSR count). The van der Waals surface area contributed by atoms with Crippen LogP contribution in [0, 0.1) is 0 Å². The predicted octanol–water partition coefficient (Wildman–Crippen LogP) is 3.01. The number of rotatable bonds is 12. The number of benzene rings is 1. The molecule has 0 amide bonds. The Bertz CT molecular complexity index is 595. The van der Waals surface area contributed by atoms with Gasteiger partial charge in [-0.05, 0) is 50.8 Å². The molecule has 166 valence electrons. The van der Waals surface area contributed by atoms with E-state index < -0.39 is 0 Å². The summed E-state index contributed by atoms with van der Waals surface area (Å²) in [6.07, 6.45) is 3.09. The van der Waals surface area contributed by atoms with Crippen molar-refractivity contribution in [3.63, 3.8) is 0 Å². The number of halogens is 1. The monoisotopic (exact) mass is 521 g/mol. The van der Waals surface area contributed by atoms with Gasteiger partial charge in [0.2, 0.25) is 0 Å². The SMILES string of the molecule is CCOc1ccc(CCNC(=NC)NCCCOC2CCOC2)cc1OCC.I. The molecule has 0 radical (unpaired) electrons. The quantitative estimate of drug-likeness (QED) is 0.191. The minimum absolute atomic E-state index is 0. The van der Waals surface area contributed by atoms with E-state index in [1.165, 1.54) is 5.56 Å². The Kier molecular flexibility index (Phi) is 13.8. The highest BCUT2D eigenvalue weighted by atomic mass is 127. The van der Waals surface area contributed by atoms with Crippen LogP contribution < -0.4 is 20.1 Å². The summed E-state index contributed by atoms with van der Waals surface area (Å²) in [5, 5.41) is 6.67. The lowest BCUT2D eigenvalue weighted by atomic mass is 10.1. The minimum atomic E-state index is 0. The highest BCUT2D eigenvalue weighted by molar-refractivity contribution is 14.0. The van der Waals surface area contributed by atoms with Crippen LogP contribution >= 0.6 is 24.0 Å². The van der Waals surface area contributed by atoms with Crippen molar-refractivity contribution in [1.82, 2.24) is 10.6 Å². The van der Waals surface area contributed by atoms with Crippen LogP contribution in [0.2, 0.25) is 0 Å². The minimum Gasteiger partial charge on any atom is -0.490 e. The number of hydrogen-bond acceptors (Lipinski definition) is 5. The first-order chi connectivity index (χ1) is 13.8. The summed E-state index contributed by atoms with van der Waals surface area (Å²) in [6, 6.07) is 6.11. The maximum absolute atomic E-state index is 5.77. The Labute approximate surface area is 191 Å². The number of hydrogen-bond donors (Lipinski definition) is 2. The average Bonchev–Trinajstić information content (AvgIpc) is 3.22. The highest BCUT2D eigenvalue weighted by Crippen LogP contribution is 2.28. The zero-order valence-electron chi connectivity index (χ0n) is 17.9. The van der Waals surface area contributed by atoms with Crippen LogP contribution in [0.25, 0.3) is 0 Å². The molecule has 1 saturated heterocycles. The molecule has 0 bridgehead atoms. The van der Waals surface area contributed by atoms with Crippen molar-refractivity contribution in [3.05, 3.63) is 23.8 Å². The molecule has 1 aromatic rings. The predicted molar refractivity (Wildman–Crippen MR) is 127 cm³/mol. The topological polar surface area (TPSA) is 73.3 Å². The maximum Gasteiger partial charge on any atom is 0.190 e. The van der Waals surface area contributed by atoms with Gasteiger partial charge in [-0.3, -0.25) is 4.99 Å². The summed E-state index contributed by atoms with van der Waals surface area (Å²) >= 11 is 0. The molecule has 1 aliphatic rings. The van der Waals surface area contributed by atoms with Crippen LogP contribution in [-0.4, -0.2) is 65.2 Å². The number of nitrogens with one attached hydrogen (secondary N) is 2. The van der Waals surface area contributed by atoms with Gasteiger partial charge >= 0.3 is 0 Å². The second-order valence-electron chi connectivity index (χ2n) is 6.53. The Hall–Kier alpha value is -1.26. The van der Waals surface area contributed by atoms with E-state index in [1.807, 2.05) is 19.9 Å². The maximum atomic E-state index is 5.77. The summed E-state index contributed by atoms with van der Waals surface area (Å²) in [4.78, 5) is 4.27. The largest absolute Gasteiger partial charge is 0.490 e. The summed E-state index contributed by atoms with van der Waals surface area (Å²) < 4.78 is 22.4. The molecular weight excluding hydrogens is 485 g/mol. The van der Waals surface area contributed by atoms with E-state index in [0.29, 0.717) is 13.2 Å². The van der Waals surface area contributed by atoms with Gasteiger partial charge < -0.3 is 29.6 Å².